The van der Waals surface area contributed by atoms with E-state index in [0.29, 0.717) is 18.1 Å². The van der Waals surface area contributed by atoms with E-state index in [1.165, 1.54) is 24.6 Å². The number of benzene rings is 1. The van der Waals surface area contributed by atoms with Gasteiger partial charge in [0.15, 0.2) is 0 Å². The van der Waals surface area contributed by atoms with E-state index in [2.05, 4.69) is 20.4 Å². The minimum atomic E-state index is -0.675. The van der Waals surface area contributed by atoms with Crippen LogP contribution in [0.5, 0.6) is 0 Å². The maximum absolute atomic E-state index is 13.2. The first-order valence-electron chi connectivity index (χ1n) is 11.5. The van der Waals surface area contributed by atoms with Crippen LogP contribution < -0.4 is 5.32 Å². The Balaban J connectivity index is 1.67. The second-order valence-corrected chi connectivity index (χ2v) is 9.71. The number of Topliss-reactive ketones (excluding diaryl/α,β-unsaturated/α-hetero) is 1. The molecule has 0 aliphatic heterocycles. The molecule has 1 saturated carbocycles. The summed E-state index contributed by atoms with van der Waals surface area (Å²) >= 11 is 1.43. The summed E-state index contributed by atoms with van der Waals surface area (Å²) in [6, 6.07) is 9.30. The number of nitrogens with zero attached hydrogens (tertiary/aromatic N) is 3. The van der Waals surface area contributed by atoms with E-state index in [1.54, 1.807) is 0 Å². The summed E-state index contributed by atoms with van der Waals surface area (Å²) in [5.41, 5.74) is 1.12. The van der Waals surface area contributed by atoms with E-state index in [-0.39, 0.29) is 23.5 Å². The Hall–Kier alpha value is -2.19. The van der Waals surface area contributed by atoms with E-state index in [4.69, 9.17) is 4.42 Å². The summed E-state index contributed by atoms with van der Waals surface area (Å²) < 4.78 is 5.63. The van der Waals surface area contributed by atoms with Gasteiger partial charge in [0.2, 0.25) is 11.7 Å². The van der Waals surface area contributed by atoms with E-state index in [1.807, 2.05) is 44.4 Å². The molecular formula is C24H34N4O3S. The predicted molar refractivity (Wildman–Crippen MR) is 126 cm³/mol. The Morgan fingerprint density at radius 3 is 2.53 bits per heavy atom. The number of carbonyl (C=O) groups excluding carboxylic acids is 2. The lowest BCUT2D eigenvalue weighted by Gasteiger charge is -2.20. The highest BCUT2D eigenvalue weighted by molar-refractivity contribution is 7.99. The summed E-state index contributed by atoms with van der Waals surface area (Å²) in [6.07, 6.45) is 7.44. The number of ketones is 1. The first-order chi connectivity index (χ1) is 15.5. The smallest absolute Gasteiger partial charge is 0.286 e. The normalized spacial score (nSPS) is 16.0. The number of carbonyl (C=O) groups is 2. The second kappa shape index (κ2) is 12.7. The Morgan fingerprint density at radius 2 is 1.84 bits per heavy atom. The van der Waals surface area contributed by atoms with Crippen molar-refractivity contribution in [2.45, 2.75) is 62.6 Å². The van der Waals surface area contributed by atoms with Crippen molar-refractivity contribution in [2.75, 3.05) is 26.4 Å². The van der Waals surface area contributed by atoms with Gasteiger partial charge in [0, 0.05) is 18.2 Å². The number of aromatic nitrogens is 2. The molecule has 0 spiro atoms. The lowest BCUT2D eigenvalue weighted by Crippen LogP contribution is -2.44. The zero-order valence-electron chi connectivity index (χ0n) is 19.1. The number of hydrogen-bond acceptors (Lipinski definition) is 7. The molecule has 1 aromatic heterocycles. The maximum Gasteiger partial charge on any atom is 0.286 e. The molecular weight excluding hydrogens is 424 g/mol. The molecule has 1 atom stereocenters. The van der Waals surface area contributed by atoms with Crippen LogP contribution in [0.3, 0.4) is 0 Å². The number of rotatable bonds is 11. The minimum absolute atomic E-state index is 0.0237. The highest BCUT2D eigenvalue weighted by Crippen LogP contribution is 2.24. The molecule has 1 N–H and O–H groups in total. The van der Waals surface area contributed by atoms with Gasteiger partial charge in [-0.25, -0.2) is 0 Å². The van der Waals surface area contributed by atoms with Crippen LogP contribution in [-0.2, 0) is 11.2 Å². The predicted octanol–water partition coefficient (Wildman–Crippen LogP) is 3.99. The topological polar surface area (TPSA) is 88.3 Å². The largest absolute Gasteiger partial charge is 0.408 e. The van der Waals surface area contributed by atoms with E-state index >= 15 is 0 Å². The van der Waals surface area contributed by atoms with Crippen molar-refractivity contribution in [1.82, 2.24) is 20.4 Å². The summed E-state index contributed by atoms with van der Waals surface area (Å²) in [4.78, 5) is 28.3. The van der Waals surface area contributed by atoms with Crippen molar-refractivity contribution >= 4 is 23.5 Å². The molecule has 1 aliphatic carbocycles. The fraction of sp³-hybridized carbons (Fsp3) is 0.583. The van der Waals surface area contributed by atoms with Crippen molar-refractivity contribution in [3.8, 4) is 0 Å². The van der Waals surface area contributed by atoms with Crippen molar-refractivity contribution < 1.29 is 14.0 Å². The number of nitrogens with one attached hydrogen (secondary N) is 1. The zero-order valence-corrected chi connectivity index (χ0v) is 19.9. The van der Waals surface area contributed by atoms with Gasteiger partial charge in [-0.1, -0.05) is 67.8 Å². The van der Waals surface area contributed by atoms with Crippen LogP contribution in [0.25, 0.3) is 0 Å². The van der Waals surface area contributed by atoms with Gasteiger partial charge in [-0.05, 0) is 45.3 Å². The molecule has 8 heteroatoms. The third-order valence-corrected chi connectivity index (χ3v) is 6.60. The molecule has 0 radical (unpaired) electrons. The van der Waals surface area contributed by atoms with Crippen LogP contribution >= 0.6 is 11.8 Å². The van der Waals surface area contributed by atoms with Crippen molar-refractivity contribution in [3.63, 3.8) is 0 Å². The van der Waals surface area contributed by atoms with Gasteiger partial charge >= 0.3 is 0 Å². The average Bonchev–Trinajstić information content (AvgIpc) is 3.09. The van der Waals surface area contributed by atoms with E-state index in [9.17, 15) is 9.59 Å². The number of hydrogen-bond donors (Lipinski definition) is 1. The number of aryl methyl sites for hydroxylation is 1. The third-order valence-electron chi connectivity index (χ3n) is 5.80. The molecule has 1 heterocycles. The zero-order chi connectivity index (χ0) is 22.8. The fourth-order valence-corrected chi connectivity index (χ4v) is 4.76. The Bertz CT molecular complexity index is 848. The van der Waals surface area contributed by atoms with E-state index < -0.39 is 6.04 Å². The minimum Gasteiger partial charge on any atom is -0.408 e. The SMILES string of the molecule is CN(C)CCSc1nnc(C(=O)C(CCc2ccccc2)NC(=O)C2CCCCCC2)o1. The van der Waals surface area contributed by atoms with Crippen LogP contribution in [0.1, 0.15) is 61.2 Å². The first-order valence-corrected chi connectivity index (χ1v) is 12.5. The van der Waals surface area contributed by atoms with E-state index in [0.717, 1.165) is 43.5 Å². The molecule has 3 rings (SSSR count). The molecule has 0 saturated heterocycles. The molecule has 1 unspecified atom stereocenters. The fourth-order valence-electron chi connectivity index (χ4n) is 3.89. The van der Waals surface area contributed by atoms with Crippen LogP contribution in [0.2, 0.25) is 0 Å². The second-order valence-electron chi connectivity index (χ2n) is 8.66. The van der Waals surface area contributed by atoms with Crippen LogP contribution in [0.4, 0.5) is 0 Å². The van der Waals surface area contributed by atoms with Gasteiger partial charge in [-0.2, -0.15) is 0 Å². The maximum atomic E-state index is 13.2. The highest BCUT2D eigenvalue weighted by Gasteiger charge is 2.29. The first kappa shape index (κ1) is 24.5. The highest BCUT2D eigenvalue weighted by atomic mass is 32.2. The van der Waals surface area contributed by atoms with Gasteiger partial charge < -0.3 is 14.6 Å². The summed E-state index contributed by atoms with van der Waals surface area (Å²) in [7, 11) is 4.00. The Morgan fingerprint density at radius 1 is 1.12 bits per heavy atom. The van der Waals surface area contributed by atoms with Crippen LogP contribution in [0.15, 0.2) is 40.0 Å². The van der Waals surface area contributed by atoms with Gasteiger partial charge in [0.25, 0.3) is 11.1 Å². The van der Waals surface area contributed by atoms with Crippen molar-refractivity contribution in [1.29, 1.82) is 0 Å². The monoisotopic (exact) mass is 458 g/mol. The van der Waals surface area contributed by atoms with Crippen molar-refractivity contribution in [2.24, 2.45) is 5.92 Å². The van der Waals surface area contributed by atoms with Crippen LogP contribution in [0, 0.1) is 5.92 Å². The standard InChI is InChI=1S/C24H34N4O3S/c1-28(2)16-17-32-24-27-26-23(31-24)21(29)20(15-14-18-10-6-5-7-11-18)25-22(30)19-12-8-3-4-9-13-19/h5-7,10-11,19-20H,3-4,8-9,12-17H2,1-2H3,(H,25,30). The number of amides is 1. The molecule has 1 aliphatic rings. The molecule has 1 amide bonds. The molecule has 1 aromatic carbocycles. The summed E-state index contributed by atoms with van der Waals surface area (Å²) in [5, 5.41) is 11.4. The van der Waals surface area contributed by atoms with Crippen molar-refractivity contribution in [3.05, 3.63) is 41.8 Å². The molecule has 2 aromatic rings. The van der Waals surface area contributed by atoms with Gasteiger partial charge in [-0.15, -0.1) is 10.2 Å². The molecule has 32 heavy (non-hydrogen) atoms. The summed E-state index contributed by atoms with van der Waals surface area (Å²) in [5.74, 6) is 0.396. The Labute approximate surface area is 194 Å². The molecule has 174 valence electrons. The Kier molecular flexibility index (Phi) is 9.74. The molecule has 7 nitrogen and oxygen atoms in total. The number of thioether (sulfide) groups is 1. The van der Waals surface area contributed by atoms with Gasteiger partial charge in [0.05, 0.1) is 6.04 Å². The lowest BCUT2D eigenvalue weighted by molar-refractivity contribution is -0.125. The van der Waals surface area contributed by atoms with Crippen LogP contribution in [-0.4, -0.2) is 59.2 Å². The van der Waals surface area contributed by atoms with Gasteiger partial charge in [-0.3, -0.25) is 9.59 Å². The lowest BCUT2D eigenvalue weighted by atomic mass is 9.97. The molecule has 0 bridgehead atoms. The summed E-state index contributed by atoms with van der Waals surface area (Å²) in [6.45, 7) is 0.869. The van der Waals surface area contributed by atoms with Gasteiger partial charge in [0.1, 0.15) is 0 Å². The molecule has 1 fully saturated rings. The third kappa shape index (κ3) is 7.74. The average molecular weight is 459 g/mol. The quantitative estimate of drug-likeness (QED) is 0.309.